The van der Waals surface area contributed by atoms with Crippen LogP contribution in [0.4, 0.5) is 5.69 Å². The molecule has 2 aromatic carbocycles. The molecule has 0 aliphatic carbocycles. The molecular weight excluding hydrogens is 402 g/mol. The summed E-state index contributed by atoms with van der Waals surface area (Å²) in [6.45, 7) is 3.75. The highest BCUT2D eigenvalue weighted by molar-refractivity contribution is 8.01. The fourth-order valence-corrected chi connectivity index (χ4v) is 4.42. The van der Waals surface area contributed by atoms with Crippen molar-refractivity contribution in [2.45, 2.75) is 24.2 Å². The summed E-state index contributed by atoms with van der Waals surface area (Å²) in [5.74, 6) is -0.284. The Labute approximate surface area is 170 Å². The van der Waals surface area contributed by atoms with Gasteiger partial charge < -0.3 is 10.6 Å². The van der Waals surface area contributed by atoms with E-state index in [0.717, 1.165) is 14.6 Å². The van der Waals surface area contributed by atoms with Crippen molar-refractivity contribution in [1.29, 1.82) is 0 Å². The lowest BCUT2D eigenvalue weighted by Crippen LogP contribution is -2.31. The first-order valence-electron chi connectivity index (χ1n) is 8.31. The standard InChI is InChI=1S/C19H18ClN3O2S2/c1-11(2)21-18(25)13-8-7-12(20)9-15(13)22-17(24)10-26-19-23-14-5-3-4-6-16(14)27-19/h3-9,11H,10H2,1-2H3,(H,21,25)(H,22,24). The maximum atomic E-state index is 12.4. The van der Waals surface area contributed by atoms with Crippen molar-refractivity contribution in [2.75, 3.05) is 11.1 Å². The van der Waals surface area contributed by atoms with Gasteiger partial charge in [-0.25, -0.2) is 4.98 Å². The smallest absolute Gasteiger partial charge is 0.253 e. The van der Waals surface area contributed by atoms with Gasteiger partial charge in [-0.1, -0.05) is 35.5 Å². The van der Waals surface area contributed by atoms with Gasteiger partial charge in [-0.05, 0) is 44.2 Å². The van der Waals surface area contributed by atoms with Gasteiger partial charge in [-0.2, -0.15) is 0 Å². The molecule has 5 nitrogen and oxygen atoms in total. The number of carbonyl (C=O) groups excluding carboxylic acids is 2. The van der Waals surface area contributed by atoms with Crippen LogP contribution in [0.15, 0.2) is 46.8 Å². The molecule has 0 unspecified atom stereocenters. The number of para-hydroxylation sites is 1. The molecular formula is C19H18ClN3O2S2. The number of aromatic nitrogens is 1. The number of nitrogens with one attached hydrogen (secondary N) is 2. The highest BCUT2D eigenvalue weighted by Crippen LogP contribution is 2.29. The summed E-state index contributed by atoms with van der Waals surface area (Å²) in [6, 6.07) is 12.7. The fraction of sp³-hybridized carbons (Fsp3) is 0.211. The predicted octanol–water partition coefficient (Wildman–Crippen LogP) is 4.82. The van der Waals surface area contributed by atoms with Crippen molar-refractivity contribution in [3.8, 4) is 0 Å². The molecule has 140 valence electrons. The average molecular weight is 420 g/mol. The Hall–Kier alpha value is -2.09. The van der Waals surface area contributed by atoms with Gasteiger partial charge in [0.25, 0.3) is 5.91 Å². The highest BCUT2D eigenvalue weighted by atomic mass is 35.5. The SMILES string of the molecule is CC(C)NC(=O)c1ccc(Cl)cc1NC(=O)CSc1nc2ccccc2s1. The molecule has 0 radical (unpaired) electrons. The zero-order chi connectivity index (χ0) is 19.4. The number of rotatable bonds is 6. The van der Waals surface area contributed by atoms with E-state index in [-0.39, 0.29) is 23.6 Å². The normalized spacial score (nSPS) is 11.0. The first-order valence-corrected chi connectivity index (χ1v) is 10.5. The Morgan fingerprint density at radius 3 is 2.74 bits per heavy atom. The van der Waals surface area contributed by atoms with Crippen molar-refractivity contribution in [1.82, 2.24) is 10.3 Å². The third-order valence-electron chi connectivity index (χ3n) is 3.52. The first kappa shape index (κ1) is 19.7. The third-order valence-corrected chi connectivity index (χ3v) is 5.94. The minimum Gasteiger partial charge on any atom is -0.350 e. The van der Waals surface area contributed by atoms with E-state index < -0.39 is 0 Å². The van der Waals surface area contributed by atoms with Gasteiger partial charge in [0.1, 0.15) is 0 Å². The monoisotopic (exact) mass is 419 g/mol. The van der Waals surface area contributed by atoms with Crippen molar-refractivity contribution in [2.24, 2.45) is 0 Å². The van der Waals surface area contributed by atoms with Crippen LogP contribution in [0.1, 0.15) is 24.2 Å². The molecule has 0 fully saturated rings. The average Bonchev–Trinajstić information content (AvgIpc) is 3.02. The molecule has 3 rings (SSSR count). The molecule has 0 spiro atoms. The second kappa shape index (κ2) is 8.73. The Bertz CT molecular complexity index is 955. The molecule has 0 aliphatic heterocycles. The van der Waals surface area contributed by atoms with Gasteiger partial charge in [0.2, 0.25) is 5.91 Å². The molecule has 2 N–H and O–H groups in total. The summed E-state index contributed by atoms with van der Waals surface area (Å²) in [6.07, 6.45) is 0. The lowest BCUT2D eigenvalue weighted by atomic mass is 10.1. The first-order chi connectivity index (χ1) is 12.9. The molecule has 0 saturated heterocycles. The molecule has 0 saturated carbocycles. The second-order valence-corrected chi connectivity index (χ2v) is 8.79. The number of thiazole rings is 1. The number of hydrogen-bond acceptors (Lipinski definition) is 5. The number of halogens is 1. The third kappa shape index (κ3) is 5.22. The largest absolute Gasteiger partial charge is 0.350 e. The molecule has 8 heteroatoms. The molecule has 1 heterocycles. The van der Waals surface area contributed by atoms with Crippen LogP contribution in [0, 0.1) is 0 Å². The number of thioether (sulfide) groups is 1. The topological polar surface area (TPSA) is 71.1 Å². The van der Waals surface area contributed by atoms with Gasteiger partial charge in [-0.3, -0.25) is 9.59 Å². The van der Waals surface area contributed by atoms with Crippen molar-refractivity contribution < 1.29 is 9.59 Å². The van der Waals surface area contributed by atoms with Gasteiger partial charge >= 0.3 is 0 Å². The van der Waals surface area contributed by atoms with E-state index in [0.29, 0.717) is 16.3 Å². The number of anilines is 1. The van der Waals surface area contributed by atoms with E-state index in [9.17, 15) is 9.59 Å². The summed E-state index contributed by atoms with van der Waals surface area (Å²) in [5.41, 5.74) is 1.70. The molecule has 0 bridgehead atoms. The molecule has 0 aliphatic rings. The molecule has 3 aromatic rings. The zero-order valence-corrected chi connectivity index (χ0v) is 17.2. The maximum absolute atomic E-state index is 12.4. The minimum atomic E-state index is -0.254. The summed E-state index contributed by atoms with van der Waals surface area (Å²) >= 11 is 8.95. The van der Waals surface area contributed by atoms with Crippen LogP contribution < -0.4 is 10.6 Å². The van der Waals surface area contributed by atoms with E-state index in [2.05, 4.69) is 15.6 Å². The molecule has 27 heavy (non-hydrogen) atoms. The number of nitrogens with zero attached hydrogens (tertiary/aromatic N) is 1. The quantitative estimate of drug-likeness (QED) is 0.562. The lowest BCUT2D eigenvalue weighted by molar-refractivity contribution is -0.113. The number of amides is 2. The Kier molecular flexibility index (Phi) is 6.36. The van der Waals surface area contributed by atoms with Crippen LogP contribution in [0.3, 0.4) is 0 Å². The van der Waals surface area contributed by atoms with Crippen LogP contribution in [0.2, 0.25) is 5.02 Å². The van der Waals surface area contributed by atoms with Gasteiger partial charge in [0.15, 0.2) is 4.34 Å². The Morgan fingerprint density at radius 2 is 2.00 bits per heavy atom. The fourth-order valence-electron chi connectivity index (χ4n) is 2.38. The van der Waals surface area contributed by atoms with Crippen LogP contribution in [-0.4, -0.2) is 28.6 Å². The van der Waals surface area contributed by atoms with Crippen molar-refractivity contribution >= 4 is 62.4 Å². The van der Waals surface area contributed by atoms with Gasteiger partial charge in [0.05, 0.1) is 27.2 Å². The van der Waals surface area contributed by atoms with Gasteiger partial charge in [-0.15, -0.1) is 11.3 Å². The zero-order valence-electron chi connectivity index (χ0n) is 14.8. The lowest BCUT2D eigenvalue weighted by Gasteiger charge is -2.13. The van der Waals surface area contributed by atoms with Crippen molar-refractivity contribution in [3.63, 3.8) is 0 Å². The van der Waals surface area contributed by atoms with Crippen LogP contribution >= 0.6 is 34.7 Å². The van der Waals surface area contributed by atoms with Crippen molar-refractivity contribution in [3.05, 3.63) is 53.1 Å². The highest BCUT2D eigenvalue weighted by Gasteiger charge is 2.15. The van der Waals surface area contributed by atoms with Crippen LogP contribution in [0.25, 0.3) is 10.2 Å². The van der Waals surface area contributed by atoms with E-state index in [1.807, 2.05) is 38.1 Å². The van der Waals surface area contributed by atoms with E-state index >= 15 is 0 Å². The number of fused-ring (bicyclic) bond motifs is 1. The maximum Gasteiger partial charge on any atom is 0.253 e. The second-order valence-electron chi connectivity index (χ2n) is 6.10. The van der Waals surface area contributed by atoms with E-state index in [4.69, 9.17) is 11.6 Å². The molecule has 1 aromatic heterocycles. The molecule has 2 amide bonds. The number of benzene rings is 2. The van der Waals surface area contributed by atoms with Crippen LogP contribution in [-0.2, 0) is 4.79 Å². The Balaban J connectivity index is 1.68. The van der Waals surface area contributed by atoms with Gasteiger partial charge in [0, 0.05) is 11.1 Å². The summed E-state index contributed by atoms with van der Waals surface area (Å²) < 4.78 is 1.91. The predicted molar refractivity (Wildman–Crippen MR) is 113 cm³/mol. The summed E-state index contributed by atoms with van der Waals surface area (Å²) in [7, 11) is 0. The Morgan fingerprint density at radius 1 is 1.22 bits per heavy atom. The number of hydrogen-bond donors (Lipinski definition) is 2. The number of carbonyl (C=O) groups is 2. The summed E-state index contributed by atoms with van der Waals surface area (Å²) in [5, 5.41) is 6.05. The van der Waals surface area contributed by atoms with E-state index in [1.165, 1.54) is 11.8 Å². The van der Waals surface area contributed by atoms with Crippen LogP contribution in [0.5, 0.6) is 0 Å². The van der Waals surface area contributed by atoms with E-state index in [1.54, 1.807) is 29.5 Å². The summed E-state index contributed by atoms with van der Waals surface area (Å²) in [4.78, 5) is 29.2. The minimum absolute atomic E-state index is 0.00804. The molecule has 0 atom stereocenters.